The zero-order chi connectivity index (χ0) is 14.7. The first-order valence-electron chi connectivity index (χ1n) is 6.70. The minimum Gasteiger partial charge on any atom is -0.305 e. The van der Waals surface area contributed by atoms with E-state index in [4.69, 9.17) is 11.6 Å². The van der Waals surface area contributed by atoms with Crippen molar-refractivity contribution in [3.63, 3.8) is 0 Å². The summed E-state index contributed by atoms with van der Waals surface area (Å²) in [4.78, 5) is 0. The number of aromatic nitrogens is 2. The number of hydrogen-bond donors (Lipinski definition) is 1. The van der Waals surface area contributed by atoms with Crippen LogP contribution >= 0.6 is 27.5 Å². The maximum atomic E-state index is 6.21. The molecule has 1 N–H and O–H groups in total. The fraction of sp³-hybridized carbons (Fsp3) is 0.400. The molecule has 0 fully saturated rings. The molecular formula is C15H19BrClN3. The predicted molar refractivity (Wildman–Crippen MR) is 87.2 cm³/mol. The lowest BCUT2D eigenvalue weighted by Crippen LogP contribution is -2.25. The fourth-order valence-electron chi connectivity index (χ4n) is 2.34. The molecule has 1 atom stereocenters. The Bertz CT molecular complexity index is 555. The first kappa shape index (κ1) is 15.5. The molecule has 0 aliphatic carbocycles. The summed E-state index contributed by atoms with van der Waals surface area (Å²) < 4.78 is 2.90. The van der Waals surface area contributed by atoms with E-state index in [2.05, 4.69) is 46.3 Å². The van der Waals surface area contributed by atoms with Crippen molar-refractivity contribution in [2.45, 2.75) is 26.3 Å². The predicted octanol–water partition coefficient (Wildman–Crippen LogP) is 4.23. The molecule has 1 unspecified atom stereocenters. The molecule has 0 saturated carbocycles. The SMILES string of the molecule is CCCNC(c1cc(C)cc(Cl)c1)c1c(Br)cnn1C. The van der Waals surface area contributed by atoms with Crippen LogP contribution < -0.4 is 5.32 Å². The Balaban J connectivity index is 2.47. The Kier molecular flexibility index (Phi) is 5.24. The van der Waals surface area contributed by atoms with Crippen molar-refractivity contribution in [1.82, 2.24) is 15.1 Å². The molecule has 1 aromatic heterocycles. The number of benzene rings is 1. The molecule has 2 aromatic rings. The van der Waals surface area contributed by atoms with Crippen LogP contribution in [0.5, 0.6) is 0 Å². The molecule has 0 bridgehead atoms. The lowest BCUT2D eigenvalue weighted by Gasteiger charge is -2.21. The van der Waals surface area contributed by atoms with Crippen LogP contribution in [0.4, 0.5) is 0 Å². The average Bonchev–Trinajstić information content (AvgIpc) is 2.70. The van der Waals surface area contributed by atoms with Gasteiger partial charge in [-0.15, -0.1) is 0 Å². The first-order valence-corrected chi connectivity index (χ1v) is 7.88. The summed E-state index contributed by atoms with van der Waals surface area (Å²) in [7, 11) is 1.96. The van der Waals surface area contributed by atoms with Crippen LogP contribution in [-0.2, 0) is 7.05 Å². The zero-order valence-electron chi connectivity index (χ0n) is 12.0. The third-order valence-electron chi connectivity index (χ3n) is 3.21. The highest BCUT2D eigenvalue weighted by molar-refractivity contribution is 9.10. The second kappa shape index (κ2) is 6.74. The lowest BCUT2D eigenvalue weighted by atomic mass is 10.0. The molecule has 5 heteroatoms. The Hall–Kier alpha value is -0.840. The van der Waals surface area contributed by atoms with Gasteiger partial charge in [-0.3, -0.25) is 4.68 Å². The number of rotatable bonds is 5. The van der Waals surface area contributed by atoms with Crippen molar-refractivity contribution in [1.29, 1.82) is 0 Å². The molecule has 0 spiro atoms. The lowest BCUT2D eigenvalue weighted by molar-refractivity contribution is 0.552. The normalized spacial score (nSPS) is 12.7. The van der Waals surface area contributed by atoms with Gasteiger partial charge in [0, 0.05) is 12.1 Å². The summed E-state index contributed by atoms with van der Waals surface area (Å²) in [6, 6.07) is 6.23. The van der Waals surface area contributed by atoms with E-state index in [9.17, 15) is 0 Å². The molecule has 1 aromatic carbocycles. The van der Waals surface area contributed by atoms with Gasteiger partial charge in [-0.05, 0) is 59.1 Å². The molecule has 3 nitrogen and oxygen atoms in total. The summed E-state index contributed by atoms with van der Waals surface area (Å²) in [5, 5.41) is 8.65. The molecule has 0 amide bonds. The van der Waals surface area contributed by atoms with E-state index in [0.29, 0.717) is 0 Å². The van der Waals surface area contributed by atoms with E-state index >= 15 is 0 Å². The van der Waals surface area contributed by atoms with Gasteiger partial charge in [-0.25, -0.2) is 0 Å². The van der Waals surface area contributed by atoms with Crippen molar-refractivity contribution >= 4 is 27.5 Å². The molecule has 20 heavy (non-hydrogen) atoms. The highest BCUT2D eigenvalue weighted by atomic mass is 79.9. The van der Waals surface area contributed by atoms with Gasteiger partial charge in [0.15, 0.2) is 0 Å². The Morgan fingerprint density at radius 3 is 2.70 bits per heavy atom. The van der Waals surface area contributed by atoms with Crippen LogP contribution in [-0.4, -0.2) is 16.3 Å². The smallest absolute Gasteiger partial charge is 0.0760 e. The van der Waals surface area contributed by atoms with Gasteiger partial charge in [0.2, 0.25) is 0 Å². The van der Waals surface area contributed by atoms with E-state index < -0.39 is 0 Å². The quantitative estimate of drug-likeness (QED) is 0.868. The maximum Gasteiger partial charge on any atom is 0.0760 e. The minimum atomic E-state index is 0.0780. The average molecular weight is 357 g/mol. The van der Waals surface area contributed by atoms with Gasteiger partial charge in [-0.2, -0.15) is 5.10 Å². The number of aryl methyl sites for hydroxylation is 2. The largest absolute Gasteiger partial charge is 0.305 e. The minimum absolute atomic E-state index is 0.0780. The standard InChI is InChI=1S/C15H19BrClN3/c1-4-5-18-14(15-13(16)9-19-20(15)3)11-6-10(2)7-12(17)8-11/h6-9,14,18H,4-5H2,1-3H3. The molecular weight excluding hydrogens is 338 g/mol. The van der Waals surface area contributed by atoms with E-state index in [1.54, 1.807) is 0 Å². The van der Waals surface area contributed by atoms with E-state index in [0.717, 1.165) is 39.3 Å². The van der Waals surface area contributed by atoms with Gasteiger partial charge < -0.3 is 5.32 Å². The Morgan fingerprint density at radius 2 is 2.15 bits per heavy atom. The van der Waals surface area contributed by atoms with Crippen LogP contribution in [0, 0.1) is 6.92 Å². The van der Waals surface area contributed by atoms with Gasteiger partial charge in [0.25, 0.3) is 0 Å². The Labute approximate surface area is 133 Å². The van der Waals surface area contributed by atoms with Gasteiger partial charge in [-0.1, -0.05) is 24.6 Å². The van der Waals surface area contributed by atoms with Crippen LogP contribution in [0.3, 0.4) is 0 Å². The van der Waals surface area contributed by atoms with E-state index in [1.165, 1.54) is 0 Å². The van der Waals surface area contributed by atoms with Crippen LogP contribution in [0.15, 0.2) is 28.9 Å². The third-order valence-corrected chi connectivity index (χ3v) is 4.04. The highest BCUT2D eigenvalue weighted by Crippen LogP contribution is 2.30. The molecule has 2 rings (SSSR count). The van der Waals surface area contributed by atoms with Gasteiger partial charge >= 0.3 is 0 Å². The monoisotopic (exact) mass is 355 g/mol. The van der Waals surface area contributed by atoms with E-state index in [-0.39, 0.29) is 6.04 Å². The van der Waals surface area contributed by atoms with Crippen molar-refractivity contribution in [2.75, 3.05) is 6.54 Å². The topological polar surface area (TPSA) is 29.9 Å². The maximum absolute atomic E-state index is 6.21. The third kappa shape index (κ3) is 3.43. The summed E-state index contributed by atoms with van der Waals surface area (Å²) in [5.41, 5.74) is 3.43. The number of nitrogens with zero attached hydrogens (tertiary/aromatic N) is 2. The van der Waals surface area contributed by atoms with E-state index in [1.807, 2.05) is 30.1 Å². The second-order valence-electron chi connectivity index (χ2n) is 4.95. The highest BCUT2D eigenvalue weighted by Gasteiger charge is 2.20. The summed E-state index contributed by atoms with van der Waals surface area (Å²) in [6.45, 7) is 5.16. The molecule has 0 radical (unpaired) electrons. The summed E-state index contributed by atoms with van der Waals surface area (Å²) in [5.74, 6) is 0. The van der Waals surface area contributed by atoms with Crippen molar-refractivity contribution in [2.24, 2.45) is 7.05 Å². The molecule has 0 aliphatic rings. The number of nitrogens with one attached hydrogen (secondary N) is 1. The summed E-state index contributed by atoms with van der Waals surface area (Å²) in [6.07, 6.45) is 2.90. The van der Waals surface area contributed by atoms with Crippen molar-refractivity contribution in [3.05, 3.63) is 50.7 Å². The van der Waals surface area contributed by atoms with Crippen LogP contribution in [0.2, 0.25) is 5.02 Å². The van der Waals surface area contributed by atoms with Crippen LogP contribution in [0.1, 0.15) is 36.2 Å². The molecule has 0 aliphatic heterocycles. The van der Waals surface area contributed by atoms with Crippen LogP contribution in [0.25, 0.3) is 0 Å². The van der Waals surface area contributed by atoms with Crippen molar-refractivity contribution < 1.29 is 0 Å². The van der Waals surface area contributed by atoms with Crippen molar-refractivity contribution in [3.8, 4) is 0 Å². The zero-order valence-corrected chi connectivity index (χ0v) is 14.3. The van der Waals surface area contributed by atoms with Gasteiger partial charge in [0.05, 0.1) is 22.4 Å². The Morgan fingerprint density at radius 1 is 1.40 bits per heavy atom. The number of hydrogen-bond acceptors (Lipinski definition) is 2. The molecule has 1 heterocycles. The first-order chi connectivity index (χ1) is 9.52. The number of halogens is 2. The van der Waals surface area contributed by atoms with Gasteiger partial charge in [0.1, 0.15) is 0 Å². The second-order valence-corrected chi connectivity index (χ2v) is 6.24. The molecule has 0 saturated heterocycles. The molecule has 108 valence electrons. The fourth-order valence-corrected chi connectivity index (χ4v) is 3.21. The summed E-state index contributed by atoms with van der Waals surface area (Å²) >= 11 is 9.79.